The molecule has 0 spiro atoms. The van der Waals surface area contributed by atoms with Crippen LogP contribution in [-0.4, -0.2) is 17.3 Å². The molecule has 0 saturated carbocycles. The molecule has 1 aliphatic rings. The van der Waals surface area contributed by atoms with Crippen molar-refractivity contribution in [3.63, 3.8) is 0 Å². The molecule has 4 heteroatoms. The number of aryl methyl sites for hydroxylation is 1. The molecule has 0 bridgehead atoms. The maximum absolute atomic E-state index is 4.86. The van der Waals surface area contributed by atoms with Crippen molar-refractivity contribution in [3.8, 4) is 0 Å². The number of hydrogen-bond donors (Lipinski definition) is 1. The van der Waals surface area contributed by atoms with Crippen LogP contribution in [0.3, 0.4) is 0 Å². The first-order valence-electron chi connectivity index (χ1n) is 6.64. The Morgan fingerprint density at radius 1 is 1.47 bits per heavy atom. The van der Waals surface area contributed by atoms with Crippen molar-refractivity contribution in [1.29, 1.82) is 0 Å². The number of thiazole rings is 1. The van der Waals surface area contributed by atoms with Gasteiger partial charge >= 0.3 is 0 Å². The third-order valence-corrected chi connectivity index (χ3v) is 5.51. The van der Waals surface area contributed by atoms with Crippen molar-refractivity contribution < 1.29 is 0 Å². The maximum atomic E-state index is 4.86. The van der Waals surface area contributed by atoms with Crippen LogP contribution >= 0.6 is 23.1 Å². The average Bonchev–Trinajstić information content (AvgIpc) is 2.74. The van der Waals surface area contributed by atoms with Crippen LogP contribution in [0.5, 0.6) is 0 Å². The van der Waals surface area contributed by atoms with Gasteiger partial charge < -0.3 is 5.32 Å². The molecule has 1 atom stereocenters. The zero-order chi connectivity index (χ0) is 12.1. The first-order valence-corrected chi connectivity index (χ1v) is 8.61. The summed E-state index contributed by atoms with van der Waals surface area (Å²) >= 11 is 3.96. The molecule has 1 N–H and O–H groups in total. The predicted molar refractivity (Wildman–Crippen MR) is 77.9 cm³/mol. The third-order valence-electron chi connectivity index (χ3n) is 3.02. The van der Waals surface area contributed by atoms with Crippen molar-refractivity contribution in [2.45, 2.75) is 51.3 Å². The van der Waals surface area contributed by atoms with Gasteiger partial charge in [0.15, 0.2) is 0 Å². The second-order valence-corrected chi connectivity index (χ2v) is 6.74. The highest BCUT2D eigenvalue weighted by atomic mass is 32.2. The third kappa shape index (κ3) is 3.46. The molecule has 1 aliphatic carbocycles. The smallest absolute Gasteiger partial charge is 0.103 e. The van der Waals surface area contributed by atoms with E-state index >= 15 is 0 Å². The van der Waals surface area contributed by atoms with Crippen molar-refractivity contribution in [2.24, 2.45) is 0 Å². The molecule has 96 valence electrons. The maximum Gasteiger partial charge on any atom is 0.103 e. The van der Waals surface area contributed by atoms with Gasteiger partial charge in [-0.3, -0.25) is 0 Å². The highest BCUT2D eigenvalue weighted by Crippen LogP contribution is 2.34. The van der Waals surface area contributed by atoms with Gasteiger partial charge in [-0.05, 0) is 38.0 Å². The van der Waals surface area contributed by atoms with Crippen LogP contribution in [0.25, 0.3) is 0 Å². The summed E-state index contributed by atoms with van der Waals surface area (Å²) in [6.45, 7) is 5.46. The number of aromatic nitrogens is 1. The summed E-state index contributed by atoms with van der Waals surface area (Å²) in [6, 6.07) is 0.518. The van der Waals surface area contributed by atoms with E-state index in [0.717, 1.165) is 12.3 Å². The number of nitrogens with zero attached hydrogens (tertiary/aromatic N) is 1. The number of rotatable bonds is 6. The van der Waals surface area contributed by atoms with Crippen LogP contribution < -0.4 is 5.32 Å². The molecule has 17 heavy (non-hydrogen) atoms. The van der Waals surface area contributed by atoms with Crippen molar-refractivity contribution in [1.82, 2.24) is 10.3 Å². The van der Waals surface area contributed by atoms with Crippen LogP contribution in [-0.2, 0) is 12.2 Å². The normalized spacial score (nSPS) is 19.3. The summed E-state index contributed by atoms with van der Waals surface area (Å²) in [5.74, 6) is 2.35. The van der Waals surface area contributed by atoms with Gasteiger partial charge in [0.05, 0.1) is 11.7 Å². The highest BCUT2D eigenvalue weighted by Gasteiger charge is 2.23. The van der Waals surface area contributed by atoms with Gasteiger partial charge in [0, 0.05) is 10.6 Å². The van der Waals surface area contributed by atoms with Gasteiger partial charge in [0.1, 0.15) is 5.01 Å². The molecule has 0 fully saturated rings. The minimum atomic E-state index is 0.518. The number of thioether (sulfide) groups is 1. The predicted octanol–water partition coefficient (Wildman–Crippen LogP) is 3.77. The number of hydrogen-bond acceptors (Lipinski definition) is 4. The minimum absolute atomic E-state index is 0.518. The van der Waals surface area contributed by atoms with Gasteiger partial charge in [-0.25, -0.2) is 4.98 Å². The van der Waals surface area contributed by atoms with Crippen molar-refractivity contribution >= 4 is 23.1 Å². The van der Waals surface area contributed by atoms with E-state index in [1.165, 1.54) is 47.0 Å². The topological polar surface area (TPSA) is 24.9 Å². The Kier molecular flexibility index (Phi) is 5.32. The van der Waals surface area contributed by atoms with Gasteiger partial charge in [-0.15, -0.1) is 11.3 Å². The van der Waals surface area contributed by atoms with E-state index in [2.05, 4.69) is 19.2 Å². The molecule has 0 aliphatic heterocycles. The van der Waals surface area contributed by atoms with Crippen LogP contribution in [0.15, 0.2) is 0 Å². The summed E-state index contributed by atoms with van der Waals surface area (Å²) in [7, 11) is 0. The van der Waals surface area contributed by atoms with Crippen LogP contribution in [0.1, 0.15) is 54.7 Å². The van der Waals surface area contributed by atoms with E-state index in [1.807, 2.05) is 23.1 Å². The summed E-state index contributed by atoms with van der Waals surface area (Å²) in [5.41, 5.74) is 1.36. The van der Waals surface area contributed by atoms with E-state index in [1.54, 1.807) is 0 Å². The molecule has 0 amide bonds. The van der Waals surface area contributed by atoms with E-state index in [-0.39, 0.29) is 0 Å². The zero-order valence-corrected chi connectivity index (χ0v) is 12.4. The largest absolute Gasteiger partial charge is 0.309 e. The number of nitrogens with one attached hydrogen (secondary N) is 1. The lowest BCUT2D eigenvalue weighted by Crippen LogP contribution is -2.24. The fourth-order valence-corrected chi connectivity index (χ4v) is 4.40. The highest BCUT2D eigenvalue weighted by molar-refractivity contribution is 7.98. The van der Waals surface area contributed by atoms with Crippen LogP contribution in [0.2, 0.25) is 0 Å². The van der Waals surface area contributed by atoms with Crippen molar-refractivity contribution in [3.05, 3.63) is 15.6 Å². The van der Waals surface area contributed by atoms with Crippen LogP contribution in [0, 0.1) is 0 Å². The molecule has 0 radical (unpaired) electrons. The van der Waals surface area contributed by atoms with Crippen molar-refractivity contribution in [2.75, 3.05) is 12.3 Å². The lowest BCUT2D eigenvalue weighted by Gasteiger charge is -2.21. The lowest BCUT2D eigenvalue weighted by atomic mass is 9.98. The van der Waals surface area contributed by atoms with E-state index in [9.17, 15) is 0 Å². The first-order chi connectivity index (χ1) is 8.35. The Labute approximate surface area is 113 Å². The SMILES string of the molecule is CCCSCc1nc2c(s1)CCCC2NCC. The Morgan fingerprint density at radius 2 is 2.35 bits per heavy atom. The molecule has 2 nitrogen and oxygen atoms in total. The average molecular weight is 270 g/mol. The Balaban J connectivity index is 2.02. The quantitative estimate of drug-likeness (QED) is 0.796. The zero-order valence-electron chi connectivity index (χ0n) is 10.8. The molecule has 0 saturated heterocycles. The lowest BCUT2D eigenvalue weighted by molar-refractivity contribution is 0.465. The monoisotopic (exact) mass is 270 g/mol. The van der Waals surface area contributed by atoms with Crippen LogP contribution in [0.4, 0.5) is 0 Å². The summed E-state index contributed by atoms with van der Waals surface area (Å²) in [6.07, 6.45) is 5.07. The summed E-state index contributed by atoms with van der Waals surface area (Å²) in [5, 5.41) is 4.89. The molecular formula is C13H22N2S2. The summed E-state index contributed by atoms with van der Waals surface area (Å²) in [4.78, 5) is 6.39. The summed E-state index contributed by atoms with van der Waals surface area (Å²) < 4.78 is 0. The molecular weight excluding hydrogens is 248 g/mol. The van der Waals surface area contributed by atoms with Gasteiger partial charge in [0.2, 0.25) is 0 Å². The minimum Gasteiger partial charge on any atom is -0.309 e. The van der Waals surface area contributed by atoms with E-state index in [0.29, 0.717) is 6.04 Å². The molecule has 1 aromatic heterocycles. The fraction of sp³-hybridized carbons (Fsp3) is 0.769. The Bertz CT molecular complexity index is 349. The van der Waals surface area contributed by atoms with E-state index < -0.39 is 0 Å². The van der Waals surface area contributed by atoms with Gasteiger partial charge in [-0.1, -0.05) is 13.8 Å². The first kappa shape index (κ1) is 13.4. The van der Waals surface area contributed by atoms with Gasteiger partial charge in [0.25, 0.3) is 0 Å². The standard InChI is InChI=1S/C13H22N2S2/c1-3-8-16-9-12-15-13-10(14-4-2)6-5-7-11(13)17-12/h10,14H,3-9H2,1-2H3. The molecule has 1 aromatic rings. The Hall–Kier alpha value is -0.0600. The second-order valence-electron chi connectivity index (χ2n) is 4.47. The molecule has 0 aromatic carbocycles. The molecule has 2 rings (SSSR count). The Morgan fingerprint density at radius 3 is 3.12 bits per heavy atom. The second kappa shape index (κ2) is 6.76. The molecule has 1 heterocycles. The van der Waals surface area contributed by atoms with Gasteiger partial charge in [-0.2, -0.15) is 11.8 Å². The molecule has 1 unspecified atom stereocenters. The number of fused-ring (bicyclic) bond motifs is 1. The van der Waals surface area contributed by atoms with E-state index in [4.69, 9.17) is 4.98 Å². The fourth-order valence-electron chi connectivity index (χ4n) is 2.28.